The van der Waals surface area contributed by atoms with Crippen molar-refractivity contribution in [1.29, 1.82) is 0 Å². The van der Waals surface area contributed by atoms with Crippen LogP contribution in [-0.4, -0.2) is 210 Å². The summed E-state index contributed by atoms with van der Waals surface area (Å²) in [6.07, 6.45) is -19.1. The third-order valence-corrected chi connectivity index (χ3v) is 20.8. The molecular formula is C52H84O21. The van der Waals surface area contributed by atoms with E-state index in [0.29, 0.717) is 19.3 Å². The van der Waals surface area contributed by atoms with E-state index in [2.05, 4.69) is 40.7 Å². The first-order valence-electron chi connectivity index (χ1n) is 26.7. The van der Waals surface area contributed by atoms with Crippen LogP contribution >= 0.6 is 0 Å². The number of allylic oxidation sites excluding steroid dienone is 2. The molecule has 0 aromatic heterocycles. The first-order valence-corrected chi connectivity index (χ1v) is 26.7. The Hall–Kier alpha value is -1.55. The zero-order valence-electron chi connectivity index (χ0n) is 43.2. The lowest BCUT2D eigenvalue weighted by atomic mass is 9.33. The van der Waals surface area contributed by atoms with E-state index < -0.39 is 147 Å². The van der Waals surface area contributed by atoms with E-state index in [1.807, 2.05) is 6.92 Å². The summed E-state index contributed by atoms with van der Waals surface area (Å²) in [4.78, 5) is 13.2. The Bertz CT molecular complexity index is 2010. The zero-order valence-corrected chi connectivity index (χ0v) is 43.2. The summed E-state index contributed by atoms with van der Waals surface area (Å²) in [7, 11) is 0. The standard InChI is InChI=1S/C52H84O21/c1-23-32(56)40(72-42-37(61)35(59)28(21-67-42)70-43-38(62)36(60)34(58)27(19-53)69-43)39(63)44(68-23)73-41-33(57)26(55)20-66-45(41)71-31-11-12-48(4)29(49(31,5)22-54)10-13-51(7)30(48)9-8-24-25-18-47(2,3)14-16-52(25,46(64)65)17-15-50(24,51)6/h8,23,25-45,53-63H,9-22H2,1-7H3,(H,64,65)/t23-,25?,26+,27-,28-,29?,30?,31+,32+,33-,34-,35-,36-,37-,38-,39-,40-,41-,42+,43+,44+,45+,48+,49-,50?,51-,52+/m1/s1. The molecule has 4 heterocycles. The number of ether oxygens (including phenoxy) is 8. The van der Waals surface area contributed by atoms with Gasteiger partial charge in [0.05, 0.1) is 44.1 Å². The van der Waals surface area contributed by atoms with Crippen LogP contribution < -0.4 is 0 Å². The zero-order chi connectivity index (χ0) is 53.1. The van der Waals surface area contributed by atoms with Gasteiger partial charge in [-0.05, 0) is 111 Å². The number of carbonyl (C=O) groups is 1. The van der Waals surface area contributed by atoms with Gasteiger partial charge < -0.3 is 99.2 Å². The molecule has 0 bridgehead atoms. The predicted octanol–water partition coefficient (Wildman–Crippen LogP) is -0.191. The van der Waals surface area contributed by atoms with Crippen LogP contribution in [0.4, 0.5) is 0 Å². The van der Waals surface area contributed by atoms with Gasteiger partial charge in [-0.25, -0.2) is 0 Å². The molecule has 4 saturated heterocycles. The lowest BCUT2D eigenvalue weighted by Crippen LogP contribution is -2.67. The summed E-state index contributed by atoms with van der Waals surface area (Å²) >= 11 is 0. The van der Waals surface area contributed by atoms with E-state index in [1.54, 1.807) is 0 Å². The molecule has 9 rings (SSSR count). The van der Waals surface area contributed by atoms with Crippen molar-refractivity contribution in [2.75, 3.05) is 26.4 Å². The molecule has 418 valence electrons. The van der Waals surface area contributed by atoms with Crippen molar-refractivity contribution in [3.8, 4) is 0 Å². The van der Waals surface area contributed by atoms with Gasteiger partial charge in [0.25, 0.3) is 0 Å². The Balaban J connectivity index is 0.887. The van der Waals surface area contributed by atoms with E-state index in [0.717, 1.165) is 44.9 Å². The Kier molecular flexibility index (Phi) is 15.6. The molecule has 21 nitrogen and oxygen atoms in total. The highest BCUT2D eigenvalue weighted by molar-refractivity contribution is 5.76. The summed E-state index contributed by atoms with van der Waals surface area (Å²) in [6, 6.07) is 0. The van der Waals surface area contributed by atoms with Crippen LogP contribution in [-0.2, 0) is 42.7 Å². The highest BCUT2D eigenvalue weighted by atomic mass is 16.8. The number of carboxylic acids is 1. The second-order valence-electron chi connectivity index (χ2n) is 25.2. The van der Waals surface area contributed by atoms with Gasteiger partial charge in [-0.15, -0.1) is 0 Å². The van der Waals surface area contributed by atoms with Crippen molar-refractivity contribution < 1.29 is 104 Å². The van der Waals surface area contributed by atoms with Crippen molar-refractivity contribution >= 4 is 5.97 Å². The first-order chi connectivity index (χ1) is 34.2. The monoisotopic (exact) mass is 1040 g/mol. The van der Waals surface area contributed by atoms with Crippen LogP contribution in [0.15, 0.2) is 11.6 Å². The van der Waals surface area contributed by atoms with Crippen molar-refractivity contribution in [1.82, 2.24) is 0 Å². The van der Waals surface area contributed by atoms with Gasteiger partial charge in [0, 0.05) is 5.41 Å². The van der Waals surface area contributed by atoms with Crippen molar-refractivity contribution in [2.45, 2.75) is 229 Å². The molecule has 21 heteroatoms. The van der Waals surface area contributed by atoms with E-state index in [9.17, 15) is 66.1 Å². The maximum absolute atomic E-state index is 13.2. The molecule has 0 aromatic carbocycles. The first kappa shape index (κ1) is 56.2. The second-order valence-corrected chi connectivity index (χ2v) is 25.2. The Morgan fingerprint density at radius 3 is 1.99 bits per heavy atom. The minimum absolute atomic E-state index is 0.0108. The number of aliphatic hydroxyl groups excluding tert-OH is 11. The third-order valence-electron chi connectivity index (χ3n) is 20.8. The smallest absolute Gasteiger partial charge is 0.310 e. The Labute approximate surface area is 426 Å². The molecule has 8 fully saturated rings. The summed E-state index contributed by atoms with van der Waals surface area (Å²) in [6.45, 7) is 13.5. The van der Waals surface area contributed by atoms with Gasteiger partial charge in [0.1, 0.15) is 79.4 Å². The minimum atomic E-state index is -1.89. The van der Waals surface area contributed by atoms with Gasteiger partial charge in [-0.1, -0.05) is 53.2 Å². The van der Waals surface area contributed by atoms with Gasteiger partial charge in [-0.3, -0.25) is 4.79 Å². The normalized spacial score (nSPS) is 55.0. The van der Waals surface area contributed by atoms with E-state index in [4.69, 9.17) is 37.9 Å². The average molecular weight is 1050 g/mol. The van der Waals surface area contributed by atoms with Gasteiger partial charge in [0.15, 0.2) is 25.2 Å². The van der Waals surface area contributed by atoms with Gasteiger partial charge >= 0.3 is 5.97 Å². The molecule has 27 atom stereocenters. The molecule has 0 spiro atoms. The van der Waals surface area contributed by atoms with E-state index >= 15 is 0 Å². The SMILES string of the molecule is C[C@H]1O[C@@H](O[C@H]2[C@H](O[C@H]3CC[C@@]4(C)C(CC[C@]5(C)C4CC=C4C6CC(C)(C)CC[C@]6(C(=O)O)CCC45C)[C@@]3(C)CO)OC[C@H](O)[C@H]2O)[C@H](O)[C@H](O[C@@H]2OC[C@@H](O[C@@H]3O[C@H](CO)[C@@H](O)[C@@H](O)[C@H]3O)[C@@H](O)[C@H]2O)[C@H]1O. The molecule has 4 unspecified atom stereocenters. The lowest BCUT2D eigenvalue weighted by Gasteiger charge is -2.71. The quantitative estimate of drug-likeness (QED) is 0.0942. The Morgan fingerprint density at radius 2 is 1.30 bits per heavy atom. The van der Waals surface area contributed by atoms with Crippen molar-refractivity contribution in [2.24, 2.45) is 50.2 Å². The van der Waals surface area contributed by atoms with Crippen molar-refractivity contribution in [3.05, 3.63) is 11.6 Å². The van der Waals surface area contributed by atoms with Crippen LogP contribution in [0.5, 0.6) is 0 Å². The summed E-state index contributed by atoms with van der Waals surface area (Å²) in [5.74, 6) is -0.465. The topological polar surface area (TPSA) is 334 Å². The molecule has 12 N–H and O–H groups in total. The molecule has 0 amide bonds. The maximum atomic E-state index is 13.2. The molecule has 0 radical (unpaired) electrons. The Morgan fingerprint density at radius 1 is 0.644 bits per heavy atom. The van der Waals surface area contributed by atoms with Crippen LogP contribution in [0.3, 0.4) is 0 Å². The van der Waals surface area contributed by atoms with Crippen LogP contribution in [0, 0.1) is 50.2 Å². The minimum Gasteiger partial charge on any atom is -0.481 e. The molecule has 5 aliphatic carbocycles. The summed E-state index contributed by atoms with van der Waals surface area (Å²) in [5, 5.41) is 130. The highest BCUT2D eigenvalue weighted by Gasteiger charge is 2.70. The molecule has 9 aliphatic rings. The molecule has 4 saturated carbocycles. The molecule has 73 heavy (non-hydrogen) atoms. The predicted molar refractivity (Wildman–Crippen MR) is 251 cm³/mol. The largest absolute Gasteiger partial charge is 0.481 e. The van der Waals surface area contributed by atoms with Crippen LogP contribution in [0.1, 0.15) is 113 Å². The number of hydrogen-bond donors (Lipinski definition) is 12. The fourth-order valence-electron chi connectivity index (χ4n) is 16.0. The molecule has 4 aliphatic heterocycles. The van der Waals surface area contributed by atoms with Gasteiger partial charge in [-0.2, -0.15) is 0 Å². The summed E-state index contributed by atoms with van der Waals surface area (Å²) < 4.78 is 47.6. The number of carboxylic acid groups (broad SMARTS) is 1. The fourth-order valence-corrected chi connectivity index (χ4v) is 16.0. The van der Waals surface area contributed by atoms with Crippen molar-refractivity contribution in [3.63, 3.8) is 0 Å². The lowest BCUT2D eigenvalue weighted by molar-refractivity contribution is -0.383. The second kappa shape index (κ2) is 20.3. The highest BCUT2D eigenvalue weighted by Crippen LogP contribution is 2.76. The number of hydrogen-bond acceptors (Lipinski definition) is 20. The maximum Gasteiger partial charge on any atom is 0.310 e. The number of aliphatic carboxylic acids is 1. The van der Waals surface area contributed by atoms with E-state index in [-0.39, 0.29) is 52.6 Å². The number of aliphatic hydroxyl groups is 11. The number of fused-ring (bicyclic) bond motifs is 7. The molecular weight excluding hydrogens is 961 g/mol. The average Bonchev–Trinajstić information content (AvgIpc) is 3.34. The van der Waals surface area contributed by atoms with E-state index in [1.165, 1.54) is 12.5 Å². The van der Waals surface area contributed by atoms with Gasteiger partial charge in [0.2, 0.25) is 0 Å². The fraction of sp³-hybridized carbons (Fsp3) is 0.942. The molecule has 0 aromatic rings. The summed E-state index contributed by atoms with van der Waals surface area (Å²) in [5.41, 5.74) is -0.749. The van der Waals surface area contributed by atoms with Crippen LogP contribution in [0.25, 0.3) is 0 Å². The van der Waals surface area contributed by atoms with Crippen LogP contribution in [0.2, 0.25) is 0 Å². The third kappa shape index (κ3) is 9.10. The number of rotatable bonds is 11.